The molecule has 3 heterocycles. The Morgan fingerprint density at radius 3 is 1.63 bits per heavy atom. The number of ether oxygens (including phenoxy) is 1. The highest BCUT2D eigenvalue weighted by Gasteiger charge is 2.51. The first kappa shape index (κ1) is 35.8. The summed E-state index contributed by atoms with van der Waals surface area (Å²) in [5.74, 6) is 2.54. The zero-order valence-electron chi connectivity index (χ0n) is 34.0. The molecule has 4 heteroatoms. The molecule has 3 nitrogen and oxygen atoms in total. The number of thiophene rings is 1. The summed E-state index contributed by atoms with van der Waals surface area (Å²) in [5.41, 5.74) is 18.0. The zero-order valence-corrected chi connectivity index (χ0v) is 34.8. The number of rotatable bonds is 5. The summed E-state index contributed by atoms with van der Waals surface area (Å²) in [6, 6.07) is 78.4. The molecule has 1 aliphatic carbocycles. The van der Waals surface area contributed by atoms with Gasteiger partial charge in [0.25, 0.3) is 0 Å². The Morgan fingerprint density at radius 2 is 0.889 bits per heavy atom. The highest BCUT2D eigenvalue weighted by molar-refractivity contribution is 7.26. The van der Waals surface area contributed by atoms with Crippen molar-refractivity contribution in [3.63, 3.8) is 0 Å². The molecule has 0 atom stereocenters. The first-order chi connectivity index (χ1) is 31.2. The van der Waals surface area contributed by atoms with Crippen LogP contribution in [-0.2, 0) is 5.41 Å². The Labute approximate surface area is 369 Å². The van der Waals surface area contributed by atoms with Crippen molar-refractivity contribution in [1.82, 2.24) is 9.97 Å². The number of fused-ring (bicyclic) bond motifs is 12. The second-order valence-corrected chi connectivity index (χ2v) is 17.5. The predicted molar refractivity (Wildman–Crippen MR) is 259 cm³/mol. The highest BCUT2D eigenvalue weighted by Crippen LogP contribution is 2.62. The Balaban J connectivity index is 0.870. The average molecular weight is 821 g/mol. The van der Waals surface area contributed by atoms with Gasteiger partial charge in [0.05, 0.1) is 21.3 Å². The van der Waals surface area contributed by atoms with Gasteiger partial charge >= 0.3 is 0 Å². The van der Waals surface area contributed by atoms with Gasteiger partial charge in [0.1, 0.15) is 11.5 Å². The molecule has 0 saturated carbocycles. The molecule has 2 aliphatic rings. The van der Waals surface area contributed by atoms with Crippen LogP contribution in [0.4, 0.5) is 0 Å². The van der Waals surface area contributed by atoms with Crippen molar-refractivity contribution in [3.8, 4) is 78.7 Å². The Morgan fingerprint density at radius 1 is 0.365 bits per heavy atom. The van der Waals surface area contributed by atoms with Crippen LogP contribution in [0.15, 0.2) is 218 Å². The molecular weight excluding hydrogens is 785 g/mol. The van der Waals surface area contributed by atoms with Crippen LogP contribution in [0, 0.1) is 0 Å². The first-order valence-corrected chi connectivity index (χ1v) is 22.2. The minimum Gasteiger partial charge on any atom is -0.457 e. The maximum atomic E-state index is 6.56. The van der Waals surface area contributed by atoms with Crippen LogP contribution in [0.1, 0.15) is 22.3 Å². The molecule has 294 valence electrons. The van der Waals surface area contributed by atoms with E-state index in [1.807, 2.05) is 6.07 Å². The first-order valence-electron chi connectivity index (χ1n) is 21.4. The molecule has 0 bridgehead atoms. The molecule has 0 radical (unpaired) electrons. The lowest BCUT2D eigenvalue weighted by molar-refractivity contribution is 0.436. The van der Waals surface area contributed by atoms with Crippen LogP contribution >= 0.6 is 11.3 Å². The lowest BCUT2D eigenvalue weighted by Crippen LogP contribution is -2.32. The fourth-order valence-electron chi connectivity index (χ4n) is 10.1. The molecule has 9 aromatic carbocycles. The molecule has 2 aromatic heterocycles. The molecule has 0 N–H and O–H groups in total. The van der Waals surface area contributed by atoms with E-state index in [0.717, 1.165) is 66.4 Å². The second-order valence-electron chi connectivity index (χ2n) is 16.4. The number of aromatic nitrogens is 2. The van der Waals surface area contributed by atoms with E-state index in [9.17, 15) is 0 Å². The standard InChI is InChI=1S/C59H36N2OS/c1-2-13-37(14-3-1)42-15-12-16-44(35-42)58-60-55(57-56(61-58)47-18-5-11-24-54(47)63-57)41-31-29-39(30-32-41)38-25-27-40(28-26-38)43-33-34-46-45-17-4-6-19-48(45)59(51(46)36-43)49-20-7-9-22-52(49)62-53-23-10-8-21-50(53)59/h1-36H. The van der Waals surface area contributed by atoms with Crippen LogP contribution in [0.25, 0.3) is 87.5 Å². The fraction of sp³-hybridized carbons (Fsp3) is 0.0169. The van der Waals surface area contributed by atoms with Gasteiger partial charge in [-0.15, -0.1) is 11.3 Å². The van der Waals surface area contributed by atoms with Crippen molar-refractivity contribution in [2.75, 3.05) is 0 Å². The molecule has 63 heavy (non-hydrogen) atoms. The van der Waals surface area contributed by atoms with Gasteiger partial charge in [0.15, 0.2) is 5.82 Å². The third kappa shape index (κ3) is 5.52. The monoisotopic (exact) mass is 820 g/mol. The molecule has 0 saturated heterocycles. The molecule has 11 aromatic rings. The van der Waals surface area contributed by atoms with Crippen molar-refractivity contribution < 1.29 is 4.74 Å². The van der Waals surface area contributed by atoms with Crippen molar-refractivity contribution in [3.05, 3.63) is 241 Å². The van der Waals surface area contributed by atoms with E-state index < -0.39 is 5.41 Å². The Kier molecular flexibility index (Phi) is 7.99. The van der Waals surface area contributed by atoms with E-state index in [4.69, 9.17) is 14.7 Å². The van der Waals surface area contributed by atoms with E-state index in [2.05, 4.69) is 212 Å². The smallest absolute Gasteiger partial charge is 0.160 e. The van der Waals surface area contributed by atoms with Crippen molar-refractivity contribution >= 4 is 31.6 Å². The van der Waals surface area contributed by atoms with Gasteiger partial charge < -0.3 is 4.74 Å². The SMILES string of the molecule is c1ccc(-c2cccc(-c3nc(-c4ccc(-c5ccc(-c6ccc7c(c6)C6(c8ccccc8Oc8ccccc86)c6ccccc6-7)cc5)cc4)c4sc5ccccc5c4n3)c2)cc1. The van der Waals surface area contributed by atoms with E-state index in [-0.39, 0.29) is 0 Å². The maximum absolute atomic E-state index is 6.56. The third-order valence-electron chi connectivity index (χ3n) is 13.0. The number of benzene rings is 9. The second kappa shape index (κ2) is 14.1. The summed E-state index contributed by atoms with van der Waals surface area (Å²) < 4.78 is 8.87. The summed E-state index contributed by atoms with van der Waals surface area (Å²) >= 11 is 1.76. The van der Waals surface area contributed by atoms with Gasteiger partial charge in [-0.25, -0.2) is 9.97 Å². The fourth-order valence-corrected chi connectivity index (χ4v) is 11.2. The van der Waals surface area contributed by atoms with Crippen molar-refractivity contribution in [2.24, 2.45) is 0 Å². The summed E-state index contributed by atoms with van der Waals surface area (Å²) in [4.78, 5) is 10.5. The molecule has 1 spiro atoms. The van der Waals surface area contributed by atoms with E-state index >= 15 is 0 Å². The van der Waals surface area contributed by atoms with Gasteiger partial charge in [0, 0.05) is 32.3 Å². The molecule has 0 fully saturated rings. The highest BCUT2D eigenvalue weighted by atomic mass is 32.1. The van der Waals surface area contributed by atoms with Gasteiger partial charge in [0.2, 0.25) is 0 Å². The predicted octanol–water partition coefficient (Wildman–Crippen LogP) is 15.6. The minimum absolute atomic E-state index is 0.493. The van der Waals surface area contributed by atoms with Crippen LogP contribution < -0.4 is 4.74 Å². The Bertz CT molecular complexity index is 3540. The van der Waals surface area contributed by atoms with E-state index in [1.165, 1.54) is 54.8 Å². The zero-order chi connectivity index (χ0) is 41.5. The number of hydrogen-bond acceptors (Lipinski definition) is 4. The van der Waals surface area contributed by atoms with Crippen LogP contribution in [0.5, 0.6) is 11.5 Å². The molecular formula is C59H36N2OS. The number of nitrogens with zero attached hydrogens (tertiary/aromatic N) is 2. The Hall–Kier alpha value is -7.92. The summed E-state index contributed by atoms with van der Waals surface area (Å²) in [5, 5.41) is 1.16. The molecule has 0 unspecified atom stereocenters. The molecule has 0 amide bonds. The van der Waals surface area contributed by atoms with Gasteiger partial charge in [-0.2, -0.15) is 0 Å². The normalized spacial score (nSPS) is 13.0. The summed E-state index contributed by atoms with van der Waals surface area (Å²) in [6.07, 6.45) is 0. The van der Waals surface area contributed by atoms with Crippen LogP contribution in [0.3, 0.4) is 0 Å². The number of hydrogen-bond donors (Lipinski definition) is 0. The quantitative estimate of drug-likeness (QED) is 0.173. The lowest BCUT2D eigenvalue weighted by atomic mass is 9.66. The van der Waals surface area contributed by atoms with E-state index in [1.54, 1.807) is 11.3 Å². The van der Waals surface area contributed by atoms with Gasteiger partial charge in [-0.3, -0.25) is 0 Å². The van der Waals surface area contributed by atoms with Crippen molar-refractivity contribution in [2.45, 2.75) is 5.41 Å². The topological polar surface area (TPSA) is 35.0 Å². The summed E-state index contributed by atoms with van der Waals surface area (Å²) in [6.45, 7) is 0. The largest absolute Gasteiger partial charge is 0.457 e. The van der Waals surface area contributed by atoms with Crippen molar-refractivity contribution in [1.29, 1.82) is 0 Å². The van der Waals surface area contributed by atoms with Gasteiger partial charge in [-0.05, 0) is 86.0 Å². The van der Waals surface area contributed by atoms with Crippen LogP contribution in [-0.4, -0.2) is 9.97 Å². The molecule has 1 aliphatic heterocycles. The number of para-hydroxylation sites is 2. The van der Waals surface area contributed by atoms with E-state index in [0.29, 0.717) is 0 Å². The lowest BCUT2D eigenvalue weighted by Gasteiger charge is -2.39. The molecule has 13 rings (SSSR count). The minimum atomic E-state index is -0.493. The summed E-state index contributed by atoms with van der Waals surface area (Å²) in [7, 11) is 0. The maximum Gasteiger partial charge on any atom is 0.160 e. The van der Waals surface area contributed by atoms with Crippen LogP contribution in [0.2, 0.25) is 0 Å². The third-order valence-corrected chi connectivity index (χ3v) is 14.2. The van der Waals surface area contributed by atoms with Gasteiger partial charge in [-0.1, -0.05) is 188 Å². The average Bonchev–Trinajstić information content (AvgIpc) is 3.88.